The van der Waals surface area contributed by atoms with Crippen LogP contribution >= 0.6 is 15.9 Å². The number of nitrogens with zero attached hydrogens (tertiary/aromatic N) is 1. The average molecular weight is 273 g/mol. The molecular formula is C11H17BrN2O. The molecule has 0 aliphatic carbocycles. The monoisotopic (exact) mass is 272 g/mol. The van der Waals surface area contributed by atoms with E-state index in [0.29, 0.717) is 6.61 Å². The van der Waals surface area contributed by atoms with Crippen LogP contribution in [0.15, 0.2) is 22.9 Å². The van der Waals surface area contributed by atoms with E-state index < -0.39 is 0 Å². The van der Waals surface area contributed by atoms with Gasteiger partial charge < -0.3 is 10.1 Å². The maximum absolute atomic E-state index is 5.58. The number of nitrogens with one attached hydrogen (secondary N) is 1. The van der Waals surface area contributed by atoms with Crippen molar-refractivity contribution in [1.82, 2.24) is 10.3 Å². The summed E-state index contributed by atoms with van der Waals surface area (Å²) >= 11 is 3.41. The van der Waals surface area contributed by atoms with Gasteiger partial charge in [-0.1, -0.05) is 0 Å². The Balaban J connectivity index is 2.65. The number of rotatable bonds is 5. The molecule has 0 radical (unpaired) electrons. The Labute approximate surface area is 99.4 Å². The van der Waals surface area contributed by atoms with Crippen LogP contribution in [0.4, 0.5) is 0 Å². The molecule has 1 aromatic heterocycles. The number of aromatic nitrogens is 1. The lowest BCUT2D eigenvalue weighted by Gasteiger charge is -2.18. The first-order valence-electron chi connectivity index (χ1n) is 5.02. The largest absolute Gasteiger partial charge is 0.377 e. The summed E-state index contributed by atoms with van der Waals surface area (Å²) in [5.41, 5.74) is 1.13. The Morgan fingerprint density at radius 2 is 2.20 bits per heavy atom. The fraction of sp³-hybridized carbons (Fsp3) is 0.545. The van der Waals surface area contributed by atoms with Crippen LogP contribution in [0.2, 0.25) is 0 Å². The third-order valence-corrected chi connectivity index (χ3v) is 2.51. The van der Waals surface area contributed by atoms with Gasteiger partial charge in [-0.25, -0.2) is 0 Å². The van der Waals surface area contributed by atoms with E-state index in [1.807, 2.05) is 27.1 Å². The second kappa shape index (κ2) is 6.20. The van der Waals surface area contributed by atoms with Crippen molar-refractivity contribution >= 4 is 15.9 Å². The molecule has 3 nitrogen and oxygen atoms in total. The molecule has 1 aromatic rings. The minimum atomic E-state index is 0.192. The zero-order valence-corrected chi connectivity index (χ0v) is 10.9. The number of halogens is 1. The second-order valence-electron chi connectivity index (χ2n) is 3.66. The van der Waals surface area contributed by atoms with E-state index in [1.165, 1.54) is 0 Å². The second-order valence-corrected chi connectivity index (χ2v) is 4.58. The minimum absolute atomic E-state index is 0.192. The highest BCUT2D eigenvalue weighted by Crippen LogP contribution is 2.17. The topological polar surface area (TPSA) is 34.1 Å². The first-order chi connectivity index (χ1) is 7.13. The van der Waals surface area contributed by atoms with E-state index in [4.69, 9.17) is 4.74 Å². The Kier molecular flexibility index (Phi) is 5.22. The van der Waals surface area contributed by atoms with Crippen LogP contribution in [0.3, 0.4) is 0 Å². The first kappa shape index (κ1) is 12.6. The van der Waals surface area contributed by atoms with Crippen molar-refractivity contribution in [3.8, 4) is 0 Å². The molecule has 0 fully saturated rings. The molecule has 0 aromatic carbocycles. The smallest absolute Gasteiger partial charge is 0.0665 e. The highest BCUT2D eigenvalue weighted by molar-refractivity contribution is 9.10. The summed E-state index contributed by atoms with van der Waals surface area (Å²) < 4.78 is 6.57. The molecular weight excluding hydrogens is 256 g/mol. The van der Waals surface area contributed by atoms with E-state index in [0.717, 1.165) is 10.0 Å². The maximum Gasteiger partial charge on any atom is 0.0665 e. The van der Waals surface area contributed by atoms with E-state index >= 15 is 0 Å². The molecule has 15 heavy (non-hydrogen) atoms. The lowest BCUT2D eigenvalue weighted by atomic mass is 10.1. The standard InChI is InChI=1S/C11H17BrN2O/c1-8(2)15-7-11(13-3)9-4-10(12)6-14-5-9/h4-6,8,11,13H,7H2,1-3H3. The molecule has 1 atom stereocenters. The Morgan fingerprint density at radius 1 is 1.47 bits per heavy atom. The van der Waals surface area contributed by atoms with Crippen molar-refractivity contribution in [2.45, 2.75) is 26.0 Å². The molecule has 0 aliphatic heterocycles. The average Bonchev–Trinajstić information content (AvgIpc) is 2.18. The van der Waals surface area contributed by atoms with Gasteiger partial charge in [0.25, 0.3) is 0 Å². The van der Waals surface area contributed by atoms with Crippen molar-refractivity contribution in [2.75, 3.05) is 13.7 Å². The van der Waals surface area contributed by atoms with Gasteiger partial charge in [0.15, 0.2) is 0 Å². The number of likely N-dealkylation sites (N-methyl/N-ethyl adjacent to an activating group) is 1. The lowest BCUT2D eigenvalue weighted by molar-refractivity contribution is 0.0625. The van der Waals surface area contributed by atoms with Crippen molar-refractivity contribution < 1.29 is 4.74 Å². The quantitative estimate of drug-likeness (QED) is 0.895. The van der Waals surface area contributed by atoms with Crippen molar-refractivity contribution in [3.63, 3.8) is 0 Å². The van der Waals surface area contributed by atoms with Gasteiger partial charge in [-0.3, -0.25) is 4.98 Å². The summed E-state index contributed by atoms with van der Waals surface area (Å²) in [6.45, 7) is 4.73. The highest BCUT2D eigenvalue weighted by Gasteiger charge is 2.10. The van der Waals surface area contributed by atoms with Crippen LogP contribution in [-0.4, -0.2) is 24.7 Å². The summed E-state index contributed by atoms with van der Waals surface area (Å²) in [5.74, 6) is 0. The fourth-order valence-electron chi connectivity index (χ4n) is 1.25. The molecule has 0 spiro atoms. The summed E-state index contributed by atoms with van der Waals surface area (Å²) in [5, 5.41) is 3.22. The van der Waals surface area contributed by atoms with Gasteiger partial charge in [-0.15, -0.1) is 0 Å². The van der Waals surface area contributed by atoms with Crippen LogP contribution in [0.5, 0.6) is 0 Å². The van der Waals surface area contributed by atoms with Crippen molar-refractivity contribution in [1.29, 1.82) is 0 Å². The van der Waals surface area contributed by atoms with Gasteiger partial charge in [0.2, 0.25) is 0 Å². The molecule has 0 aliphatic rings. The van der Waals surface area contributed by atoms with Crippen molar-refractivity contribution in [2.24, 2.45) is 0 Å². The Morgan fingerprint density at radius 3 is 2.73 bits per heavy atom. The summed E-state index contributed by atoms with van der Waals surface area (Å²) in [7, 11) is 1.93. The molecule has 1 rings (SSSR count). The number of hydrogen-bond acceptors (Lipinski definition) is 3. The molecule has 0 saturated carbocycles. The van der Waals surface area contributed by atoms with Gasteiger partial charge in [0.1, 0.15) is 0 Å². The van der Waals surface area contributed by atoms with E-state index in [-0.39, 0.29) is 12.1 Å². The molecule has 1 unspecified atom stereocenters. The van der Waals surface area contributed by atoms with Crippen molar-refractivity contribution in [3.05, 3.63) is 28.5 Å². The van der Waals surface area contributed by atoms with Gasteiger partial charge >= 0.3 is 0 Å². The van der Waals surface area contributed by atoms with Crippen LogP contribution in [0.25, 0.3) is 0 Å². The molecule has 0 bridgehead atoms. The Bertz CT molecular complexity index is 304. The molecule has 1 N–H and O–H groups in total. The van der Waals surface area contributed by atoms with Crippen LogP contribution in [0.1, 0.15) is 25.5 Å². The molecule has 0 saturated heterocycles. The van der Waals surface area contributed by atoms with Gasteiger partial charge in [0, 0.05) is 16.9 Å². The van der Waals surface area contributed by atoms with E-state index in [9.17, 15) is 0 Å². The maximum atomic E-state index is 5.58. The third kappa shape index (κ3) is 4.28. The fourth-order valence-corrected chi connectivity index (χ4v) is 1.64. The number of ether oxygens (including phenoxy) is 1. The summed E-state index contributed by atoms with van der Waals surface area (Å²) in [6.07, 6.45) is 3.88. The normalized spacial score (nSPS) is 13.1. The highest BCUT2D eigenvalue weighted by atomic mass is 79.9. The Hall–Kier alpha value is -0.450. The van der Waals surface area contributed by atoms with Crippen LogP contribution < -0.4 is 5.32 Å². The molecule has 84 valence electrons. The van der Waals surface area contributed by atoms with Crippen LogP contribution in [-0.2, 0) is 4.74 Å². The molecule has 0 amide bonds. The predicted octanol–water partition coefficient (Wildman–Crippen LogP) is 2.53. The first-order valence-corrected chi connectivity index (χ1v) is 5.82. The number of hydrogen-bond donors (Lipinski definition) is 1. The predicted molar refractivity (Wildman–Crippen MR) is 64.8 cm³/mol. The van der Waals surface area contributed by atoms with Gasteiger partial charge in [0.05, 0.1) is 18.8 Å². The minimum Gasteiger partial charge on any atom is -0.377 e. The van der Waals surface area contributed by atoms with E-state index in [1.54, 1.807) is 6.20 Å². The molecule has 1 heterocycles. The number of pyridine rings is 1. The zero-order chi connectivity index (χ0) is 11.3. The summed E-state index contributed by atoms with van der Waals surface area (Å²) in [6, 6.07) is 2.25. The van der Waals surface area contributed by atoms with Crippen LogP contribution in [0, 0.1) is 0 Å². The zero-order valence-electron chi connectivity index (χ0n) is 9.33. The lowest BCUT2D eigenvalue weighted by Crippen LogP contribution is -2.23. The van der Waals surface area contributed by atoms with E-state index in [2.05, 4.69) is 32.3 Å². The SMILES string of the molecule is CNC(COC(C)C)c1cncc(Br)c1. The third-order valence-electron chi connectivity index (χ3n) is 2.07. The van der Waals surface area contributed by atoms with Gasteiger partial charge in [-0.2, -0.15) is 0 Å². The van der Waals surface area contributed by atoms with Gasteiger partial charge in [-0.05, 0) is 48.5 Å². The summed E-state index contributed by atoms with van der Waals surface area (Å²) in [4.78, 5) is 4.14. The molecule has 4 heteroatoms.